The Morgan fingerprint density at radius 3 is 2.68 bits per heavy atom. The maximum Gasteiger partial charge on any atom is 0.319 e. The number of carbonyl (C=O) groups excluding carboxylic acids is 1. The lowest BCUT2D eigenvalue weighted by atomic mass is 9.87. The number of urea groups is 1. The topological polar surface area (TPSA) is 109 Å². The van der Waals surface area contributed by atoms with Gasteiger partial charge in [-0.2, -0.15) is 0 Å². The summed E-state index contributed by atoms with van der Waals surface area (Å²) in [6.07, 6.45) is 0.414. The number of carbonyl (C=O) groups is 1. The molecule has 2 aromatic rings. The van der Waals surface area contributed by atoms with Crippen molar-refractivity contribution in [3.8, 4) is 11.4 Å². The second-order valence-electron chi connectivity index (χ2n) is 9.89. The molecule has 3 N–H and O–H groups in total. The Balaban J connectivity index is 1.75. The molecule has 1 fully saturated rings. The third-order valence-corrected chi connectivity index (χ3v) is 6.17. The molecule has 0 bridgehead atoms. The second-order valence-corrected chi connectivity index (χ2v) is 9.89. The molecule has 0 spiro atoms. The van der Waals surface area contributed by atoms with Crippen LogP contribution < -0.4 is 15.5 Å². The number of rotatable bonds is 6. The lowest BCUT2D eigenvalue weighted by Crippen LogP contribution is -2.44. The van der Waals surface area contributed by atoms with Gasteiger partial charge in [-0.3, -0.25) is 0 Å². The van der Waals surface area contributed by atoms with Crippen molar-refractivity contribution in [2.45, 2.75) is 64.9 Å². The summed E-state index contributed by atoms with van der Waals surface area (Å²) in [5.74, 6) is 1.45. The molecule has 9 heteroatoms. The maximum atomic E-state index is 11.8. The van der Waals surface area contributed by atoms with Crippen molar-refractivity contribution in [3.05, 3.63) is 35.5 Å². The Labute approximate surface area is 200 Å². The van der Waals surface area contributed by atoms with Gasteiger partial charge in [-0.05, 0) is 58.9 Å². The van der Waals surface area contributed by atoms with E-state index in [1.54, 1.807) is 13.8 Å². The number of nitrogens with zero attached hydrogens (tertiary/aromatic N) is 3. The van der Waals surface area contributed by atoms with Gasteiger partial charge in [0.15, 0.2) is 5.82 Å². The fraction of sp³-hybridized carbons (Fsp3) is 0.560. The molecule has 1 aromatic carbocycles. The summed E-state index contributed by atoms with van der Waals surface area (Å²) in [6, 6.07) is 7.41. The molecule has 4 rings (SSSR count). The quantitative estimate of drug-likeness (QED) is 0.595. The van der Waals surface area contributed by atoms with Crippen LogP contribution in [0.5, 0.6) is 0 Å². The van der Waals surface area contributed by atoms with Crippen LogP contribution in [-0.2, 0) is 21.7 Å². The van der Waals surface area contributed by atoms with Gasteiger partial charge in [0.05, 0.1) is 37.2 Å². The van der Waals surface area contributed by atoms with E-state index in [-0.39, 0.29) is 12.1 Å². The molecule has 2 aliphatic heterocycles. The van der Waals surface area contributed by atoms with Gasteiger partial charge < -0.3 is 30.1 Å². The lowest BCUT2D eigenvalue weighted by Gasteiger charge is -2.35. The Bertz CT molecular complexity index is 1040. The number of aliphatic hydroxyl groups is 1. The van der Waals surface area contributed by atoms with E-state index >= 15 is 0 Å². The van der Waals surface area contributed by atoms with Gasteiger partial charge in [0.2, 0.25) is 0 Å². The van der Waals surface area contributed by atoms with Gasteiger partial charge in [-0.1, -0.05) is 0 Å². The SMILES string of the molecule is CCNC(=O)Nc1ccc(-c2nc(N3CCOCC3C)c3c(n2)C(C)(CC(C)(C)O)OC3)cc1. The van der Waals surface area contributed by atoms with Crippen LogP contribution in [0.4, 0.5) is 16.3 Å². The number of aromatic nitrogens is 2. The number of ether oxygens (including phenoxy) is 2. The third kappa shape index (κ3) is 5.16. The summed E-state index contributed by atoms with van der Waals surface area (Å²) in [5, 5.41) is 16.1. The molecule has 2 amide bonds. The highest BCUT2D eigenvalue weighted by Gasteiger charge is 2.44. The molecular formula is C25H35N5O4. The van der Waals surface area contributed by atoms with Crippen LogP contribution in [0.2, 0.25) is 0 Å². The average molecular weight is 470 g/mol. The van der Waals surface area contributed by atoms with Crippen molar-refractivity contribution in [1.82, 2.24) is 15.3 Å². The van der Waals surface area contributed by atoms with Gasteiger partial charge in [0.25, 0.3) is 0 Å². The van der Waals surface area contributed by atoms with Gasteiger partial charge in [-0.15, -0.1) is 0 Å². The van der Waals surface area contributed by atoms with E-state index in [4.69, 9.17) is 19.4 Å². The number of fused-ring (bicyclic) bond motifs is 1. The minimum Gasteiger partial charge on any atom is -0.390 e. The van der Waals surface area contributed by atoms with Gasteiger partial charge in [0, 0.05) is 36.3 Å². The van der Waals surface area contributed by atoms with Crippen molar-refractivity contribution < 1.29 is 19.4 Å². The lowest BCUT2D eigenvalue weighted by molar-refractivity contribution is -0.0812. The van der Waals surface area contributed by atoms with Crippen molar-refractivity contribution >= 4 is 17.5 Å². The summed E-state index contributed by atoms with van der Waals surface area (Å²) in [5.41, 5.74) is 1.67. The fourth-order valence-electron chi connectivity index (χ4n) is 4.75. The molecule has 0 aliphatic carbocycles. The number of anilines is 2. The summed E-state index contributed by atoms with van der Waals surface area (Å²) >= 11 is 0. The predicted octanol–water partition coefficient (Wildman–Crippen LogP) is 3.42. The molecule has 1 saturated heterocycles. The predicted molar refractivity (Wildman–Crippen MR) is 131 cm³/mol. The molecule has 0 radical (unpaired) electrons. The Morgan fingerprint density at radius 2 is 2.03 bits per heavy atom. The van der Waals surface area contributed by atoms with E-state index in [0.717, 1.165) is 29.2 Å². The number of hydrogen-bond donors (Lipinski definition) is 3. The van der Waals surface area contributed by atoms with E-state index in [1.807, 2.05) is 38.1 Å². The highest BCUT2D eigenvalue weighted by Crippen LogP contribution is 2.44. The molecule has 34 heavy (non-hydrogen) atoms. The maximum absolute atomic E-state index is 11.8. The molecular weight excluding hydrogens is 434 g/mol. The summed E-state index contributed by atoms with van der Waals surface area (Å²) in [6.45, 7) is 12.5. The van der Waals surface area contributed by atoms with Gasteiger partial charge >= 0.3 is 6.03 Å². The summed E-state index contributed by atoms with van der Waals surface area (Å²) in [7, 11) is 0. The number of morpholine rings is 1. The van der Waals surface area contributed by atoms with E-state index in [0.29, 0.717) is 44.3 Å². The second kappa shape index (κ2) is 9.48. The molecule has 2 unspecified atom stereocenters. The first-order valence-corrected chi connectivity index (χ1v) is 11.9. The van der Waals surface area contributed by atoms with Gasteiger partial charge in [0.1, 0.15) is 11.4 Å². The van der Waals surface area contributed by atoms with Crippen LogP contribution in [0.15, 0.2) is 24.3 Å². The molecule has 2 atom stereocenters. The van der Waals surface area contributed by atoms with E-state index in [9.17, 15) is 9.90 Å². The van der Waals surface area contributed by atoms with E-state index in [1.165, 1.54) is 0 Å². The zero-order valence-corrected chi connectivity index (χ0v) is 20.6. The van der Waals surface area contributed by atoms with Crippen molar-refractivity contribution in [1.29, 1.82) is 0 Å². The standard InChI is InChI=1S/C25H35N5O4/c1-6-26-23(31)27-18-9-7-17(8-10-18)21-28-20-19(14-34-25(20,5)15-24(3,4)32)22(29-21)30-11-12-33-13-16(30)2/h7-10,16,32H,6,11-15H2,1-5H3,(H2,26,27,31). The molecule has 9 nitrogen and oxygen atoms in total. The number of nitrogens with one attached hydrogen (secondary N) is 2. The summed E-state index contributed by atoms with van der Waals surface area (Å²) in [4.78, 5) is 24.0. The fourth-order valence-corrected chi connectivity index (χ4v) is 4.75. The van der Waals surface area contributed by atoms with Crippen LogP contribution in [0, 0.1) is 0 Å². The molecule has 1 aromatic heterocycles. The minimum atomic E-state index is -0.916. The van der Waals surface area contributed by atoms with Crippen molar-refractivity contribution in [2.75, 3.05) is 36.5 Å². The monoisotopic (exact) mass is 469 g/mol. The third-order valence-electron chi connectivity index (χ3n) is 6.17. The number of benzene rings is 1. The highest BCUT2D eigenvalue weighted by molar-refractivity contribution is 5.89. The van der Waals surface area contributed by atoms with E-state index in [2.05, 4.69) is 22.5 Å². The van der Waals surface area contributed by atoms with Crippen LogP contribution >= 0.6 is 0 Å². The van der Waals surface area contributed by atoms with Gasteiger partial charge in [-0.25, -0.2) is 14.8 Å². The first-order chi connectivity index (χ1) is 16.1. The molecule has 3 heterocycles. The van der Waals surface area contributed by atoms with Crippen molar-refractivity contribution in [2.24, 2.45) is 0 Å². The zero-order valence-electron chi connectivity index (χ0n) is 20.6. The average Bonchev–Trinajstić information content (AvgIpc) is 3.09. The van der Waals surface area contributed by atoms with E-state index < -0.39 is 11.2 Å². The smallest absolute Gasteiger partial charge is 0.319 e. The Hall–Kier alpha value is -2.75. The van der Waals surface area contributed by atoms with Crippen LogP contribution in [0.3, 0.4) is 0 Å². The first kappa shape index (κ1) is 24.4. The Morgan fingerprint density at radius 1 is 1.29 bits per heavy atom. The first-order valence-electron chi connectivity index (χ1n) is 11.9. The van der Waals surface area contributed by atoms with Crippen LogP contribution in [0.1, 0.15) is 52.3 Å². The molecule has 184 valence electrons. The minimum absolute atomic E-state index is 0.172. The molecule has 2 aliphatic rings. The van der Waals surface area contributed by atoms with Crippen LogP contribution in [-0.4, -0.2) is 59.1 Å². The Kier molecular flexibility index (Phi) is 6.80. The normalized spacial score (nSPS) is 22.4. The summed E-state index contributed by atoms with van der Waals surface area (Å²) < 4.78 is 11.9. The van der Waals surface area contributed by atoms with Crippen molar-refractivity contribution in [3.63, 3.8) is 0 Å². The zero-order chi connectivity index (χ0) is 24.5. The number of hydrogen-bond acceptors (Lipinski definition) is 7. The molecule has 0 saturated carbocycles. The largest absolute Gasteiger partial charge is 0.390 e. The highest BCUT2D eigenvalue weighted by atomic mass is 16.5. The number of amides is 2. The van der Waals surface area contributed by atoms with Crippen LogP contribution in [0.25, 0.3) is 11.4 Å².